The maximum atomic E-state index is 11.7. The number of benzene rings is 2. The van der Waals surface area contributed by atoms with Crippen molar-refractivity contribution < 1.29 is 14.5 Å². The monoisotopic (exact) mass is 353 g/mol. The van der Waals surface area contributed by atoms with Crippen LogP contribution in [0, 0.1) is 24.0 Å². The first kappa shape index (κ1) is 18.9. The van der Waals surface area contributed by atoms with E-state index in [0.29, 0.717) is 5.75 Å². The first-order valence-corrected chi connectivity index (χ1v) is 7.89. The number of non-ortho nitro benzene ring substituents is 1. The molecule has 26 heavy (non-hydrogen) atoms. The molecular weight excluding hydrogens is 334 g/mol. The zero-order valence-corrected chi connectivity index (χ0v) is 14.5. The number of rotatable bonds is 7. The fraction of sp³-hybridized carbons (Fsp3) is 0.158. The minimum atomic E-state index is -0.453. The Bertz CT molecular complexity index is 822. The Kier molecular flexibility index (Phi) is 6.61. The van der Waals surface area contributed by atoms with Gasteiger partial charge in [-0.3, -0.25) is 14.9 Å². The molecule has 2 aromatic carbocycles. The van der Waals surface area contributed by atoms with Crippen LogP contribution in [0.25, 0.3) is 6.08 Å². The highest BCUT2D eigenvalue weighted by atomic mass is 16.6. The van der Waals surface area contributed by atoms with E-state index < -0.39 is 4.92 Å². The standard InChI is InChI=1S/C19H19N3O4/c1-14-5-3-6-15(2)19(14)26-13-18(23)21-20-12-4-7-16-8-10-17(11-9-16)22(24)25/h3-12H,13H2,1-2H3,(H,21,23). The largest absolute Gasteiger partial charge is 0.483 e. The molecule has 134 valence electrons. The maximum Gasteiger partial charge on any atom is 0.277 e. The predicted molar refractivity (Wildman–Crippen MR) is 100 cm³/mol. The third-order valence-electron chi connectivity index (χ3n) is 3.50. The van der Waals surface area contributed by atoms with Crippen molar-refractivity contribution in [3.05, 3.63) is 75.3 Å². The van der Waals surface area contributed by atoms with Gasteiger partial charge in [-0.15, -0.1) is 0 Å². The first-order valence-electron chi connectivity index (χ1n) is 7.89. The second-order valence-corrected chi connectivity index (χ2v) is 5.53. The van der Waals surface area contributed by atoms with Gasteiger partial charge in [0.15, 0.2) is 6.61 Å². The second kappa shape index (κ2) is 9.12. The highest BCUT2D eigenvalue weighted by molar-refractivity contribution is 5.82. The summed E-state index contributed by atoms with van der Waals surface area (Å²) >= 11 is 0. The summed E-state index contributed by atoms with van der Waals surface area (Å²) in [6.07, 6.45) is 4.75. The SMILES string of the molecule is Cc1cccc(C)c1OCC(=O)NN=CC=Cc1ccc([N+](=O)[O-])cc1. The van der Waals surface area contributed by atoms with Gasteiger partial charge >= 0.3 is 0 Å². The van der Waals surface area contributed by atoms with Crippen LogP contribution in [0.5, 0.6) is 5.75 Å². The molecule has 7 nitrogen and oxygen atoms in total. The summed E-state index contributed by atoms with van der Waals surface area (Å²) < 4.78 is 5.53. The summed E-state index contributed by atoms with van der Waals surface area (Å²) in [7, 11) is 0. The van der Waals surface area contributed by atoms with E-state index in [1.54, 1.807) is 24.3 Å². The lowest BCUT2D eigenvalue weighted by molar-refractivity contribution is -0.384. The number of nitro groups is 1. The summed E-state index contributed by atoms with van der Waals surface area (Å²) in [5.74, 6) is 0.331. The number of carbonyl (C=O) groups excluding carboxylic acids is 1. The summed E-state index contributed by atoms with van der Waals surface area (Å²) in [5.41, 5.74) is 5.12. The minimum Gasteiger partial charge on any atom is -0.483 e. The van der Waals surface area contributed by atoms with Crippen molar-refractivity contribution in [3.8, 4) is 5.75 Å². The van der Waals surface area contributed by atoms with Crippen molar-refractivity contribution in [2.75, 3.05) is 6.61 Å². The van der Waals surface area contributed by atoms with Crippen LogP contribution in [0.1, 0.15) is 16.7 Å². The van der Waals surface area contributed by atoms with Gasteiger partial charge in [-0.2, -0.15) is 5.10 Å². The van der Waals surface area contributed by atoms with Gasteiger partial charge in [0, 0.05) is 18.3 Å². The molecule has 0 unspecified atom stereocenters. The molecule has 1 N–H and O–H groups in total. The third kappa shape index (κ3) is 5.55. The van der Waals surface area contributed by atoms with Crippen LogP contribution in [-0.2, 0) is 4.79 Å². The van der Waals surface area contributed by atoms with Crippen molar-refractivity contribution >= 4 is 23.9 Å². The van der Waals surface area contributed by atoms with Crippen LogP contribution in [0.2, 0.25) is 0 Å². The van der Waals surface area contributed by atoms with Gasteiger partial charge in [-0.25, -0.2) is 5.43 Å². The lowest BCUT2D eigenvalue weighted by atomic mass is 10.1. The molecule has 0 fully saturated rings. The molecule has 7 heteroatoms. The molecule has 2 rings (SSSR count). The molecule has 1 amide bonds. The minimum absolute atomic E-state index is 0.0342. The van der Waals surface area contributed by atoms with Gasteiger partial charge in [-0.05, 0) is 48.7 Å². The average Bonchev–Trinajstić information content (AvgIpc) is 2.61. The smallest absolute Gasteiger partial charge is 0.277 e. The molecule has 0 bridgehead atoms. The Morgan fingerprint density at radius 2 is 1.85 bits per heavy atom. The Morgan fingerprint density at radius 1 is 1.19 bits per heavy atom. The first-order chi connectivity index (χ1) is 12.5. The van der Waals surface area contributed by atoms with Gasteiger partial charge < -0.3 is 4.74 Å². The zero-order valence-electron chi connectivity index (χ0n) is 14.5. The number of para-hydroxylation sites is 1. The lowest BCUT2D eigenvalue weighted by Gasteiger charge is -2.10. The van der Waals surface area contributed by atoms with Crippen LogP contribution < -0.4 is 10.2 Å². The van der Waals surface area contributed by atoms with E-state index in [4.69, 9.17) is 4.74 Å². The highest BCUT2D eigenvalue weighted by Crippen LogP contribution is 2.21. The molecule has 0 aliphatic rings. The predicted octanol–water partition coefficient (Wildman–Crippen LogP) is 3.41. The third-order valence-corrected chi connectivity index (χ3v) is 3.50. The molecule has 0 aliphatic carbocycles. The van der Waals surface area contributed by atoms with E-state index in [2.05, 4.69) is 10.5 Å². The summed E-state index contributed by atoms with van der Waals surface area (Å²) in [6.45, 7) is 3.71. The van der Waals surface area contributed by atoms with Crippen LogP contribution >= 0.6 is 0 Å². The lowest BCUT2D eigenvalue weighted by Crippen LogP contribution is -2.24. The zero-order chi connectivity index (χ0) is 18.9. The number of allylic oxidation sites excluding steroid dienone is 1. The molecule has 0 aliphatic heterocycles. The quantitative estimate of drug-likeness (QED) is 0.469. The van der Waals surface area contributed by atoms with Gasteiger partial charge in [0.25, 0.3) is 11.6 Å². The maximum absolute atomic E-state index is 11.7. The molecule has 0 radical (unpaired) electrons. The number of nitrogens with zero attached hydrogens (tertiary/aromatic N) is 2. The summed E-state index contributed by atoms with van der Waals surface area (Å²) in [4.78, 5) is 21.9. The Labute approximate surface area is 151 Å². The molecule has 0 saturated heterocycles. The van der Waals surface area contributed by atoms with Gasteiger partial charge in [0.1, 0.15) is 5.75 Å². The molecule has 0 spiro atoms. The summed E-state index contributed by atoms with van der Waals surface area (Å²) in [6, 6.07) is 11.9. The van der Waals surface area contributed by atoms with E-state index in [1.807, 2.05) is 32.0 Å². The van der Waals surface area contributed by atoms with Crippen LogP contribution in [0.3, 0.4) is 0 Å². The van der Waals surface area contributed by atoms with Crippen molar-refractivity contribution in [2.24, 2.45) is 5.10 Å². The normalized spacial score (nSPS) is 11.0. The number of nitro benzene ring substituents is 1. The number of nitrogens with one attached hydrogen (secondary N) is 1. The number of aryl methyl sites for hydroxylation is 2. The van der Waals surface area contributed by atoms with Crippen molar-refractivity contribution in [1.29, 1.82) is 0 Å². The molecule has 2 aromatic rings. The van der Waals surface area contributed by atoms with Crippen molar-refractivity contribution in [1.82, 2.24) is 5.43 Å². The topological polar surface area (TPSA) is 93.8 Å². The number of amides is 1. The Hall–Kier alpha value is -3.48. The molecular formula is C19H19N3O4. The van der Waals surface area contributed by atoms with E-state index >= 15 is 0 Å². The van der Waals surface area contributed by atoms with E-state index in [-0.39, 0.29) is 18.2 Å². The number of hydrazone groups is 1. The molecule has 0 heterocycles. The number of hydrogen-bond acceptors (Lipinski definition) is 5. The van der Waals surface area contributed by atoms with Gasteiger partial charge in [-0.1, -0.05) is 24.3 Å². The fourth-order valence-electron chi connectivity index (χ4n) is 2.21. The Balaban J connectivity index is 1.79. The summed E-state index contributed by atoms with van der Waals surface area (Å²) in [5, 5.41) is 14.4. The molecule has 0 atom stereocenters. The van der Waals surface area contributed by atoms with E-state index in [1.165, 1.54) is 18.3 Å². The number of carbonyl (C=O) groups is 1. The average molecular weight is 353 g/mol. The van der Waals surface area contributed by atoms with E-state index in [0.717, 1.165) is 16.7 Å². The van der Waals surface area contributed by atoms with Crippen LogP contribution in [0.4, 0.5) is 5.69 Å². The number of ether oxygens (including phenoxy) is 1. The van der Waals surface area contributed by atoms with Crippen molar-refractivity contribution in [3.63, 3.8) is 0 Å². The van der Waals surface area contributed by atoms with Crippen LogP contribution in [-0.4, -0.2) is 23.7 Å². The second-order valence-electron chi connectivity index (χ2n) is 5.53. The molecule has 0 saturated carbocycles. The Morgan fingerprint density at radius 3 is 2.46 bits per heavy atom. The highest BCUT2D eigenvalue weighted by Gasteiger charge is 2.06. The molecule has 0 aromatic heterocycles. The van der Waals surface area contributed by atoms with Crippen molar-refractivity contribution in [2.45, 2.75) is 13.8 Å². The van der Waals surface area contributed by atoms with E-state index in [9.17, 15) is 14.9 Å². The number of hydrogen-bond donors (Lipinski definition) is 1. The van der Waals surface area contributed by atoms with Crippen LogP contribution in [0.15, 0.2) is 53.6 Å². The fourth-order valence-corrected chi connectivity index (χ4v) is 2.21. The van der Waals surface area contributed by atoms with Gasteiger partial charge in [0.2, 0.25) is 0 Å². The van der Waals surface area contributed by atoms with Gasteiger partial charge in [0.05, 0.1) is 4.92 Å².